The third-order valence-corrected chi connectivity index (χ3v) is 4.47. The second-order valence-corrected chi connectivity index (χ2v) is 6.14. The molecule has 1 aromatic heterocycles. The Morgan fingerprint density at radius 3 is 2.57 bits per heavy atom. The van der Waals surface area contributed by atoms with Crippen LogP contribution >= 0.6 is 0 Å². The van der Waals surface area contributed by atoms with Crippen molar-refractivity contribution in [2.75, 3.05) is 36.5 Å². The molecule has 0 amide bonds. The summed E-state index contributed by atoms with van der Waals surface area (Å²) in [6.45, 7) is 4.35. The van der Waals surface area contributed by atoms with Gasteiger partial charge in [0.15, 0.2) is 0 Å². The highest BCUT2D eigenvalue weighted by Crippen LogP contribution is 2.30. The first kappa shape index (κ1) is 15.9. The maximum absolute atomic E-state index is 11.4. The molecule has 1 aromatic rings. The summed E-state index contributed by atoms with van der Waals surface area (Å²) in [5.74, 6) is 0.908. The molecule has 0 radical (unpaired) electrons. The van der Waals surface area contributed by atoms with E-state index in [2.05, 4.69) is 15.3 Å². The Kier molecular flexibility index (Phi) is 4.90. The van der Waals surface area contributed by atoms with E-state index in [9.17, 15) is 10.1 Å². The molecule has 8 heteroatoms. The van der Waals surface area contributed by atoms with Gasteiger partial charge in [0.2, 0.25) is 11.8 Å². The number of nitrogens with zero attached hydrogens (tertiary/aromatic N) is 4. The average Bonchev–Trinajstić information content (AvgIpc) is 2.56. The van der Waals surface area contributed by atoms with Gasteiger partial charge in [0.1, 0.15) is 5.69 Å². The number of hydrogen-bond acceptors (Lipinski definition) is 7. The van der Waals surface area contributed by atoms with E-state index < -0.39 is 0 Å². The Labute approximate surface area is 135 Å². The lowest BCUT2D eigenvalue weighted by molar-refractivity contribution is -0.385. The van der Waals surface area contributed by atoms with Crippen molar-refractivity contribution in [2.24, 2.45) is 0 Å². The topological polar surface area (TPSA) is 93.4 Å². The standard InChI is InChI=1S/C15H23N5O3/c1-11-13(20(21)22)14(17-12-5-3-2-4-6-12)18-15(16-11)19-7-9-23-10-8-19/h12H,2-10H2,1H3,(H,16,17,18). The van der Waals surface area contributed by atoms with Crippen LogP contribution in [0.25, 0.3) is 0 Å². The molecule has 1 aliphatic heterocycles. The molecule has 1 saturated heterocycles. The molecule has 1 aliphatic carbocycles. The normalized spacial score (nSPS) is 19.6. The number of hydrogen-bond donors (Lipinski definition) is 1. The monoisotopic (exact) mass is 321 g/mol. The van der Waals surface area contributed by atoms with Crippen molar-refractivity contribution in [3.8, 4) is 0 Å². The Balaban J connectivity index is 1.89. The van der Waals surface area contributed by atoms with E-state index in [1.54, 1.807) is 6.92 Å². The molecule has 23 heavy (non-hydrogen) atoms. The zero-order valence-electron chi connectivity index (χ0n) is 13.5. The van der Waals surface area contributed by atoms with E-state index >= 15 is 0 Å². The predicted molar refractivity (Wildman–Crippen MR) is 87.0 cm³/mol. The fraction of sp³-hybridized carbons (Fsp3) is 0.733. The van der Waals surface area contributed by atoms with E-state index in [0.29, 0.717) is 43.8 Å². The average molecular weight is 321 g/mol. The molecule has 126 valence electrons. The molecule has 2 heterocycles. The largest absolute Gasteiger partial charge is 0.378 e. The Morgan fingerprint density at radius 1 is 1.22 bits per heavy atom. The van der Waals surface area contributed by atoms with Crippen LogP contribution in [0.3, 0.4) is 0 Å². The fourth-order valence-corrected chi connectivity index (χ4v) is 3.22. The molecule has 1 saturated carbocycles. The van der Waals surface area contributed by atoms with Gasteiger partial charge in [0.05, 0.1) is 18.1 Å². The minimum Gasteiger partial charge on any atom is -0.378 e. The highest BCUT2D eigenvalue weighted by molar-refractivity contribution is 5.61. The van der Waals surface area contributed by atoms with Crippen molar-refractivity contribution in [3.63, 3.8) is 0 Å². The summed E-state index contributed by atoms with van der Waals surface area (Å²) in [6, 6.07) is 0.259. The highest BCUT2D eigenvalue weighted by Gasteiger charge is 2.26. The van der Waals surface area contributed by atoms with E-state index in [-0.39, 0.29) is 16.7 Å². The number of aromatic nitrogens is 2. The van der Waals surface area contributed by atoms with Gasteiger partial charge in [-0.25, -0.2) is 4.98 Å². The lowest BCUT2D eigenvalue weighted by atomic mass is 9.95. The summed E-state index contributed by atoms with van der Waals surface area (Å²) in [6.07, 6.45) is 5.62. The summed E-state index contributed by atoms with van der Waals surface area (Å²) >= 11 is 0. The maximum atomic E-state index is 11.4. The Hall–Kier alpha value is -1.96. The summed E-state index contributed by atoms with van der Waals surface area (Å²) in [5.41, 5.74) is 0.400. The van der Waals surface area contributed by atoms with Crippen LogP contribution in [-0.2, 0) is 4.74 Å². The first-order chi connectivity index (χ1) is 11.1. The van der Waals surface area contributed by atoms with E-state index in [1.165, 1.54) is 6.42 Å². The van der Waals surface area contributed by atoms with Crippen molar-refractivity contribution >= 4 is 17.5 Å². The number of anilines is 2. The third kappa shape index (κ3) is 3.69. The summed E-state index contributed by atoms with van der Waals surface area (Å²) in [4.78, 5) is 21.9. The number of rotatable bonds is 4. The van der Waals surface area contributed by atoms with Gasteiger partial charge in [-0.15, -0.1) is 0 Å². The quantitative estimate of drug-likeness (QED) is 0.671. The summed E-state index contributed by atoms with van der Waals surface area (Å²) < 4.78 is 5.34. The SMILES string of the molecule is Cc1nc(N2CCOCC2)nc(NC2CCCCC2)c1[N+](=O)[O-]. The molecular weight excluding hydrogens is 298 g/mol. The van der Waals surface area contributed by atoms with E-state index in [4.69, 9.17) is 4.74 Å². The van der Waals surface area contributed by atoms with Crippen molar-refractivity contribution in [2.45, 2.75) is 45.1 Å². The zero-order valence-corrected chi connectivity index (χ0v) is 13.5. The molecule has 0 atom stereocenters. The number of aryl methyl sites for hydroxylation is 1. The number of nitrogens with one attached hydrogen (secondary N) is 1. The minimum absolute atomic E-state index is 0.00687. The maximum Gasteiger partial charge on any atom is 0.332 e. The van der Waals surface area contributed by atoms with Crippen LogP contribution in [0.5, 0.6) is 0 Å². The predicted octanol–water partition coefficient (Wildman–Crippen LogP) is 2.27. The van der Waals surface area contributed by atoms with Gasteiger partial charge in [-0.2, -0.15) is 4.98 Å². The lowest BCUT2D eigenvalue weighted by Crippen LogP contribution is -2.37. The van der Waals surface area contributed by atoms with Crippen LogP contribution < -0.4 is 10.2 Å². The second-order valence-electron chi connectivity index (χ2n) is 6.14. The van der Waals surface area contributed by atoms with E-state index in [0.717, 1.165) is 25.7 Å². The van der Waals surface area contributed by atoms with E-state index in [1.807, 2.05) is 4.90 Å². The minimum atomic E-state index is -0.385. The van der Waals surface area contributed by atoms with Crippen molar-refractivity contribution in [1.82, 2.24) is 9.97 Å². The van der Waals surface area contributed by atoms with Gasteiger partial charge in [-0.1, -0.05) is 19.3 Å². The third-order valence-electron chi connectivity index (χ3n) is 4.47. The van der Waals surface area contributed by atoms with Crippen molar-refractivity contribution < 1.29 is 9.66 Å². The molecule has 3 rings (SSSR count). The second kappa shape index (κ2) is 7.08. The highest BCUT2D eigenvalue weighted by atomic mass is 16.6. The number of nitro groups is 1. The van der Waals surface area contributed by atoms with Crippen LogP contribution in [0.2, 0.25) is 0 Å². The van der Waals surface area contributed by atoms with Crippen LogP contribution in [-0.4, -0.2) is 47.2 Å². The van der Waals surface area contributed by atoms with Crippen molar-refractivity contribution in [1.29, 1.82) is 0 Å². The van der Waals surface area contributed by atoms with Gasteiger partial charge in [0.25, 0.3) is 0 Å². The smallest absolute Gasteiger partial charge is 0.332 e. The molecule has 0 spiro atoms. The van der Waals surface area contributed by atoms with Gasteiger partial charge < -0.3 is 15.0 Å². The molecule has 2 aliphatic rings. The summed E-state index contributed by atoms with van der Waals surface area (Å²) in [5, 5.41) is 14.7. The zero-order chi connectivity index (χ0) is 16.2. The first-order valence-corrected chi connectivity index (χ1v) is 8.27. The lowest BCUT2D eigenvalue weighted by Gasteiger charge is -2.28. The Bertz CT molecular complexity index is 568. The molecule has 2 fully saturated rings. The van der Waals surface area contributed by atoms with Gasteiger partial charge in [0, 0.05) is 19.1 Å². The first-order valence-electron chi connectivity index (χ1n) is 8.27. The van der Waals surface area contributed by atoms with Crippen molar-refractivity contribution in [3.05, 3.63) is 15.8 Å². The molecule has 1 N–H and O–H groups in total. The van der Waals surface area contributed by atoms with Gasteiger partial charge >= 0.3 is 5.69 Å². The van der Waals surface area contributed by atoms with Crippen LogP contribution in [0.4, 0.5) is 17.5 Å². The van der Waals surface area contributed by atoms with Crippen LogP contribution in [0.1, 0.15) is 37.8 Å². The molecule has 8 nitrogen and oxygen atoms in total. The Morgan fingerprint density at radius 2 is 1.91 bits per heavy atom. The summed E-state index contributed by atoms with van der Waals surface area (Å²) in [7, 11) is 0. The van der Waals surface area contributed by atoms with Gasteiger partial charge in [-0.05, 0) is 19.8 Å². The molecular formula is C15H23N5O3. The van der Waals surface area contributed by atoms with Gasteiger partial charge in [-0.3, -0.25) is 10.1 Å². The molecule has 0 unspecified atom stereocenters. The van der Waals surface area contributed by atoms with Crippen LogP contribution in [0, 0.1) is 17.0 Å². The number of ether oxygens (including phenoxy) is 1. The van der Waals surface area contributed by atoms with Crippen LogP contribution in [0.15, 0.2) is 0 Å². The molecule has 0 aromatic carbocycles. The fourth-order valence-electron chi connectivity index (χ4n) is 3.22. The number of morpholine rings is 1. The molecule has 0 bridgehead atoms.